The summed E-state index contributed by atoms with van der Waals surface area (Å²) in [6.45, 7) is 6.90. The van der Waals surface area contributed by atoms with E-state index in [-0.39, 0.29) is 11.7 Å². The topological polar surface area (TPSA) is 68.5 Å². The SMILES string of the molecule is CCN(c1nc(C(=O)OC)ccc1N)C(C)C. The van der Waals surface area contributed by atoms with Crippen LogP contribution >= 0.6 is 0 Å². The summed E-state index contributed by atoms with van der Waals surface area (Å²) in [5.41, 5.74) is 6.73. The highest BCUT2D eigenvalue weighted by molar-refractivity contribution is 5.88. The molecular formula is C12H19N3O2. The summed E-state index contributed by atoms with van der Waals surface area (Å²) in [7, 11) is 1.33. The van der Waals surface area contributed by atoms with E-state index in [0.717, 1.165) is 6.54 Å². The number of pyridine rings is 1. The van der Waals surface area contributed by atoms with E-state index < -0.39 is 5.97 Å². The lowest BCUT2D eigenvalue weighted by atomic mass is 10.2. The number of carbonyl (C=O) groups is 1. The van der Waals surface area contributed by atoms with Gasteiger partial charge in [-0.1, -0.05) is 0 Å². The van der Waals surface area contributed by atoms with Crippen molar-refractivity contribution in [2.75, 3.05) is 24.3 Å². The van der Waals surface area contributed by atoms with Crippen molar-refractivity contribution in [2.24, 2.45) is 0 Å². The third-order valence-electron chi connectivity index (χ3n) is 2.54. The summed E-state index contributed by atoms with van der Waals surface area (Å²) < 4.78 is 4.64. The Morgan fingerprint density at radius 2 is 2.18 bits per heavy atom. The number of nitrogens with two attached hydrogens (primary N) is 1. The van der Waals surface area contributed by atoms with Gasteiger partial charge in [0.25, 0.3) is 0 Å². The van der Waals surface area contributed by atoms with E-state index >= 15 is 0 Å². The Hall–Kier alpha value is -1.78. The first-order valence-corrected chi connectivity index (χ1v) is 5.62. The van der Waals surface area contributed by atoms with Gasteiger partial charge in [0.15, 0.2) is 11.5 Å². The summed E-state index contributed by atoms with van der Waals surface area (Å²) in [5, 5.41) is 0. The third-order valence-corrected chi connectivity index (χ3v) is 2.54. The number of ether oxygens (including phenoxy) is 1. The molecule has 1 heterocycles. The number of methoxy groups -OCH3 is 1. The minimum Gasteiger partial charge on any atom is -0.464 e. The van der Waals surface area contributed by atoms with Crippen LogP contribution in [0.15, 0.2) is 12.1 Å². The standard InChI is InChI=1S/C12H19N3O2/c1-5-15(8(2)3)11-9(13)6-7-10(14-11)12(16)17-4/h6-8H,5,13H2,1-4H3. The molecule has 1 rings (SSSR count). The monoisotopic (exact) mass is 237 g/mol. The van der Waals surface area contributed by atoms with E-state index in [4.69, 9.17) is 5.73 Å². The minimum atomic E-state index is -0.453. The van der Waals surface area contributed by atoms with Gasteiger partial charge in [0.05, 0.1) is 12.8 Å². The van der Waals surface area contributed by atoms with E-state index in [1.807, 2.05) is 11.8 Å². The molecule has 0 atom stereocenters. The van der Waals surface area contributed by atoms with E-state index in [0.29, 0.717) is 11.5 Å². The molecule has 0 saturated heterocycles. The summed E-state index contributed by atoms with van der Waals surface area (Å²) >= 11 is 0. The van der Waals surface area contributed by atoms with Crippen LogP contribution in [0.1, 0.15) is 31.3 Å². The Kier molecular flexibility index (Phi) is 4.31. The van der Waals surface area contributed by atoms with Gasteiger partial charge in [-0.3, -0.25) is 0 Å². The Labute approximate surface area is 102 Å². The first kappa shape index (κ1) is 13.3. The summed E-state index contributed by atoms with van der Waals surface area (Å²) in [5.74, 6) is 0.177. The molecule has 0 aromatic carbocycles. The maximum Gasteiger partial charge on any atom is 0.356 e. The molecule has 0 aliphatic rings. The molecule has 1 aromatic heterocycles. The molecule has 0 aliphatic heterocycles. The average molecular weight is 237 g/mol. The molecule has 0 unspecified atom stereocenters. The van der Waals surface area contributed by atoms with Crippen LogP contribution in [0.25, 0.3) is 0 Å². The second kappa shape index (κ2) is 5.52. The number of hydrogen-bond acceptors (Lipinski definition) is 5. The van der Waals surface area contributed by atoms with Gasteiger partial charge in [-0.05, 0) is 32.9 Å². The molecule has 0 saturated carbocycles. The molecular weight excluding hydrogens is 218 g/mol. The van der Waals surface area contributed by atoms with Gasteiger partial charge < -0.3 is 15.4 Å². The van der Waals surface area contributed by atoms with Gasteiger partial charge in [-0.2, -0.15) is 0 Å². The predicted molar refractivity (Wildman–Crippen MR) is 68.1 cm³/mol. The van der Waals surface area contributed by atoms with Crippen LogP contribution in [-0.4, -0.2) is 30.6 Å². The van der Waals surface area contributed by atoms with Crippen molar-refractivity contribution in [2.45, 2.75) is 26.8 Å². The molecule has 0 amide bonds. The first-order valence-electron chi connectivity index (χ1n) is 5.62. The van der Waals surface area contributed by atoms with Crippen molar-refractivity contribution >= 4 is 17.5 Å². The van der Waals surface area contributed by atoms with E-state index in [1.54, 1.807) is 12.1 Å². The highest BCUT2D eigenvalue weighted by Crippen LogP contribution is 2.22. The van der Waals surface area contributed by atoms with Crippen LogP contribution in [0.5, 0.6) is 0 Å². The van der Waals surface area contributed by atoms with Crippen molar-refractivity contribution in [1.29, 1.82) is 0 Å². The second-order valence-corrected chi connectivity index (χ2v) is 3.98. The van der Waals surface area contributed by atoms with Crippen LogP contribution in [0.3, 0.4) is 0 Å². The maximum absolute atomic E-state index is 11.4. The van der Waals surface area contributed by atoms with E-state index in [1.165, 1.54) is 7.11 Å². The first-order chi connectivity index (χ1) is 8.01. The van der Waals surface area contributed by atoms with Crippen LogP contribution in [0, 0.1) is 0 Å². The summed E-state index contributed by atoms with van der Waals surface area (Å²) in [4.78, 5) is 17.7. The van der Waals surface area contributed by atoms with E-state index in [2.05, 4.69) is 23.6 Å². The molecule has 5 nitrogen and oxygen atoms in total. The molecule has 0 spiro atoms. The number of carbonyl (C=O) groups excluding carboxylic acids is 1. The zero-order valence-electron chi connectivity index (χ0n) is 10.7. The lowest BCUT2D eigenvalue weighted by Gasteiger charge is -2.27. The van der Waals surface area contributed by atoms with Crippen LogP contribution in [-0.2, 0) is 4.74 Å². The molecule has 17 heavy (non-hydrogen) atoms. The zero-order valence-corrected chi connectivity index (χ0v) is 10.7. The van der Waals surface area contributed by atoms with Crippen molar-refractivity contribution in [3.8, 4) is 0 Å². The number of hydrogen-bond donors (Lipinski definition) is 1. The fourth-order valence-electron chi connectivity index (χ4n) is 1.67. The summed E-state index contributed by atoms with van der Waals surface area (Å²) in [6, 6.07) is 3.51. The number of rotatable bonds is 4. The second-order valence-electron chi connectivity index (χ2n) is 3.98. The quantitative estimate of drug-likeness (QED) is 0.807. The van der Waals surface area contributed by atoms with Crippen LogP contribution in [0.4, 0.5) is 11.5 Å². The Morgan fingerprint density at radius 1 is 1.53 bits per heavy atom. The number of aromatic nitrogens is 1. The number of anilines is 2. The van der Waals surface area contributed by atoms with Crippen molar-refractivity contribution in [3.05, 3.63) is 17.8 Å². The number of esters is 1. The molecule has 94 valence electrons. The molecule has 0 radical (unpaired) electrons. The van der Waals surface area contributed by atoms with Crippen molar-refractivity contribution < 1.29 is 9.53 Å². The summed E-state index contributed by atoms with van der Waals surface area (Å²) in [6.07, 6.45) is 0. The largest absolute Gasteiger partial charge is 0.464 e. The lowest BCUT2D eigenvalue weighted by molar-refractivity contribution is 0.0594. The van der Waals surface area contributed by atoms with Gasteiger partial charge in [0.1, 0.15) is 0 Å². The highest BCUT2D eigenvalue weighted by Gasteiger charge is 2.16. The van der Waals surface area contributed by atoms with Gasteiger partial charge in [0, 0.05) is 12.6 Å². The zero-order chi connectivity index (χ0) is 13.0. The molecule has 1 aromatic rings. The van der Waals surface area contributed by atoms with Gasteiger partial charge in [-0.15, -0.1) is 0 Å². The number of nitrogen functional groups attached to an aromatic ring is 1. The van der Waals surface area contributed by atoms with Gasteiger partial charge in [0.2, 0.25) is 0 Å². The minimum absolute atomic E-state index is 0.266. The normalized spacial score (nSPS) is 10.4. The number of nitrogens with zero attached hydrogens (tertiary/aromatic N) is 2. The van der Waals surface area contributed by atoms with Crippen LogP contribution < -0.4 is 10.6 Å². The average Bonchev–Trinajstić information content (AvgIpc) is 2.31. The predicted octanol–water partition coefficient (Wildman–Crippen LogP) is 1.69. The highest BCUT2D eigenvalue weighted by atomic mass is 16.5. The molecule has 0 bridgehead atoms. The maximum atomic E-state index is 11.4. The van der Waals surface area contributed by atoms with Gasteiger partial charge >= 0.3 is 5.97 Å². The molecule has 2 N–H and O–H groups in total. The van der Waals surface area contributed by atoms with Crippen molar-refractivity contribution in [3.63, 3.8) is 0 Å². The van der Waals surface area contributed by atoms with Crippen LogP contribution in [0.2, 0.25) is 0 Å². The molecule has 0 fully saturated rings. The Bertz CT molecular complexity index is 405. The molecule has 5 heteroatoms. The fourth-order valence-corrected chi connectivity index (χ4v) is 1.67. The van der Waals surface area contributed by atoms with Gasteiger partial charge in [-0.25, -0.2) is 9.78 Å². The van der Waals surface area contributed by atoms with Crippen molar-refractivity contribution in [1.82, 2.24) is 4.98 Å². The molecule has 0 aliphatic carbocycles. The lowest BCUT2D eigenvalue weighted by Crippen LogP contribution is -2.32. The Balaban J connectivity index is 3.17. The Morgan fingerprint density at radius 3 is 2.65 bits per heavy atom. The van der Waals surface area contributed by atoms with E-state index in [9.17, 15) is 4.79 Å². The fraction of sp³-hybridized carbons (Fsp3) is 0.500. The third kappa shape index (κ3) is 2.87. The smallest absolute Gasteiger partial charge is 0.356 e.